The number of non-ortho nitro benzene ring substituents is 1. The highest BCUT2D eigenvalue weighted by Gasteiger charge is 2.20. The Hall–Kier alpha value is -5.56. The van der Waals surface area contributed by atoms with Gasteiger partial charge < -0.3 is 23.5 Å². The number of fused-ring (bicyclic) bond motifs is 2. The molecule has 0 atom stereocenters. The van der Waals surface area contributed by atoms with Gasteiger partial charge in [0.1, 0.15) is 17.1 Å². The number of nitro benzene ring substituents is 1. The molecule has 1 aliphatic heterocycles. The second-order valence-electron chi connectivity index (χ2n) is 9.56. The molecule has 5 aromatic rings. The van der Waals surface area contributed by atoms with Crippen molar-refractivity contribution in [3.63, 3.8) is 0 Å². The van der Waals surface area contributed by atoms with E-state index in [4.69, 9.17) is 18.6 Å². The summed E-state index contributed by atoms with van der Waals surface area (Å²) in [5, 5.41) is 16.9. The summed E-state index contributed by atoms with van der Waals surface area (Å²) in [6.45, 7) is 1.49. The van der Waals surface area contributed by atoms with Crippen LogP contribution in [0.4, 0.5) is 5.69 Å². The van der Waals surface area contributed by atoms with E-state index in [1.807, 2.05) is 0 Å². The number of carbonyl (C=O) groups excluding carboxylic acids is 1. The van der Waals surface area contributed by atoms with E-state index in [-0.39, 0.29) is 41.1 Å². The van der Waals surface area contributed by atoms with E-state index in [1.54, 1.807) is 60.5 Å². The Morgan fingerprint density at radius 3 is 2.67 bits per heavy atom. The molecule has 6 rings (SSSR count). The fourth-order valence-corrected chi connectivity index (χ4v) is 4.76. The van der Waals surface area contributed by atoms with Crippen molar-refractivity contribution in [3.05, 3.63) is 92.8 Å². The normalized spacial score (nSPS) is 13.6. The first-order valence-electron chi connectivity index (χ1n) is 13.3. The largest absolute Gasteiger partial charge is 0.496 e. The number of benzene rings is 3. The standard InChI is InChI=1S/C30H25N5O8/c1-40-25-7-4-8-26-22(25)16-27(43-26)29-32-23-6-3-2-5-21(23)30(37)34(29)31-17-19-15-20(35(38)39)9-10-24(19)42-18-28(36)33-11-13-41-14-12-33/h2-10,15-17H,11-14,18H2,1H3. The minimum absolute atomic E-state index is 0.105. The topological polar surface area (TPSA) is 152 Å². The zero-order chi connectivity index (χ0) is 29.9. The van der Waals surface area contributed by atoms with E-state index < -0.39 is 10.5 Å². The third-order valence-corrected chi connectivity index (χ3v) is 6.95. The maximum absolute atomic E-state index is 13.7. The van der Waals surface area contributed by atoms with Crippen molar-refractivity contribution in [2.45, 2.75) is 0 Å². The van der Waals surface area contributed by atoms with E-state index in [0.29, 0.717) is 53.9 Å². The van der Waals surface area contributed by atoms with Crippen LogP contribution in [0.15, 0.2) is 81.0 Å². The first kappa shape index (κ1) is 27.6. The van der Waals surface area contributed by atoms with Gasteiger partial charge in [-0.3, -0.25) is 19.7 Å². The number of carbonyl (C=O) groups is 1. The van der Waals surface area contributed by atoms with Gasteiger partial charge >= 0.3 is 0 Å². The number of amides is 1. The summed E-state index contributed by atoms with van der Waals surface area (Å²) in [6.07, 6.45) is 1.26. The van der Waals surface area contributed by atoms with Gasteiger partial charge in [-0.25, -0.2) is 4.98 Å². The fourth-order valence-electron chi connectivity index (χ4n) is 4.76. The van der Waals surface area contributed by atoms with Gasteiger partial charge in [-0.2, -0.15) is 9.78 Å². The number of para-hydroxylation sites is 1. The molecule has 218 valence electrons. The van der Waals surface area contributed by atoms with Gasteiger partial charge in [0.15, 0.2) is 12.4 Å². The van der Waals surface area contributed by atoms with E-state index in [0.717, 1.165) is 4.68 Å². The van der Waals surface area contributed by atoms with Crippen molar-refractivity contribution in [1.29, 1.82) is 0 Å². The fraction of sp³-hybridized carbons (Fsp3) is 0.200. The third-order valence-electron chi connectivity index (χ3n) is 6.95. The number of rotatable bonds is 8. The van der Waals surface area contributed by atoms with Gasteiger partial charge in [-0.15, -0.1) is 0 Å². The summed E-state index contributed by atoms with van der Waals surface area (Å²) >= 11 is 0. The molecule has 43 heavy (non-hydrogen) atoms. The van der Waals surface area contributed by atoms with E-state index >= 15 is 0 Å². The molecule has 13 nitrogen and oxygen atoms in total. The zero-order valence-corrected chi connectivity index (χ0v) is 23.0. The minimum atomic E-state index is -0.559. The number of aromatic nitrogens is 2. The lowest BCUT2D eigenvalue weighted by Crippen LogP contribution is -2.43. The van der Waals surface area contributed by atoms with Crippen molar-refractivity contribution in [2.24, 2.45) is 5.10 Å². The Morgan fingerprint density at radius 1 is 1.07 bits per heavy atom. The quantitative estimate of drug-likeness (QED) is 0.151. The predicted molar refractivity (Wildman–Crippen MR) is 157 cm³/mol. The summed E-state index contributed by atoms with van der Waals surface area (Å²) in [7, 11) is 1.54. The maximum Gasteiger partial charge on any atom is 0.282 e. The lowest BCUT2D eigenvalue weighted by atomic mass is 10.2. The highest BCUT2D eigenvalue weighted by atomic mass is 16.6. The van der Waals surface area contributed by atoms with Crippen LogP contribution in [0.25, 0.3) is 33.5 Å². The van der Waals surface area contributed by atoms with Crippen LogP contribution in [0, 0.1) is 10.1 Å². The molecule has 0 unspecified atom stereocenters. The van der Waals surface area contributed by atoms with Crippen LogP contribution in [0.5, 0.6) is 11.5 Å². The molecule has 0 saturated carbocycles. The number of nitro groups is 1. The summed E-state index contributed by atoms with van der Waals surface area (Å²) in [5.41, 5.74) is 0.428. The molecule has 2 aromatic heterocycles. The van der Waals surface area contributed by atoms with E-state index in [2.05, 4.69) is 10.1 Å². The maximum atomic E-state index is 13.7. The second-order valence-corrected chi connectivity index (χ2v) is 9.56. The number of morpholine rings is 1. The van der Waals surface area contributed by atoms with Crippen molar-refractivity contribution < 1.29 is 28.3 Å². The first-order chi connectivity index (χ1) is 20.9. The van der Waals surface area contributed by atoms with Crippen LogP contribution in [0.2, 0.25) is 0 Å². The van der Waals surface area contributed by atoms with Crippen LogP contribution >= 0.6 is 0 Å². The lowest BCUT2D eigenvalue weighted by Gasteiger charge is -2.26. The van der Waals surface area contributed by atoms with Crippen molar-refractivity contribution in [1.82, 2.24) is 14.6 Å². The average Bonchev–Trinajstić information content (AvgIpc) is 3.48. The highest BCUT2D eigenvalue weighted by molar-refractivity contribution is 5.89. The van der Waals surface area contributed by atoms with Gasteiger partial charge in [0.2, 0.25) is 5.82 Å². The molecule has 0 aliphatic carbocycles. The Morgan fingerprint density at radius 2 is 1.88 bits per heavy atom. The summed E-state index contributed by atoms with van der Waals surface area (Å²) in [6, 6.07) is 17.7. The molecule has 0 spiro atoms. The van der Waals surface area contributed by atoms with Gasteiger partial charge in [0, 0.05) is 30.8 Å². The van der Waals surface area contributed by atoms with Gasteiger partial charge in [0.25, 0.3) is 17.2 Å². The molecule has 1 amide bonds. The number of ether oxygens (including phenoxy) is 3. The Balaban J connectivity index is 1.42. The van der Waals surface area contributed by atoms with Crippen LogP contribution in [0.1, 0.15) is 5.56 Å². The molecule has 3 aromatic carbocycles. The molecule has 1 fully saturated rings. The number of methoxy groups -OCH3 is 1. The van der Waals surface area contributed by atoms with Gasteiger partial charge in [0.05, 0.1) is 47.8 Å². The summed E-state index contributed by atoms with van der Waals surface area (Å²) in [4.78, 5) is 43.6. The molecule has 3 heterocycles. The number of hydrogen-bond acceptors (Lipinski definition) is 10. The summed E-state index contributed by atoms with van der Waals surface area (Å²) in [5.74, 6) is 0.866. The zero-order valence-electron chi connectivity index (χ0n) is 23.0. The first-order valence-corrected chi connectivity index (χ1v) is 13.3. The monoisotopic (exact) mass is 583 g/mol. The third kappa shape index (κ3) is 5.53. The number of hydrogen-bond donors (Lipinski definition) is 0. The molecule has 0 N–H and O–H groups in total. The van der Waals surface area contributed by atoms with Crippen molar-refractivity contribution in [3.8, 4) is 23.1 Å². The number of furan rings is 1. The minimum Gasteiger partial charge on any atom is -0.496 e. The Labute approximate surface area is 243 Å². The predicted octanol–water partition coefficient (Wildman–Crippen LogP) is 3.85. The smallest absolute Gasteiger partial charge is 0.282 e. The molecule has 0 bridgehead atoms. The van der Waals surface area contributed by atoms with E-state index in [9.17, 15) is 19.7 Å². The SMILES string of the molecule is COc1cccc2oc(-c3nc4ccccc4c(=O)n3N=Cc3cc([N+](=O)[O-])ccc3OCC(=O)N3CCOCC3)cc12. The highest BCUT2D eigenvalue weighted by Crippen LogP contribution is 2.33. The number of nitrogens with zero attached hydrogens (tertiary/aromatic N) is 5. The Bertz CT molecular complexity index is 1940. The van der Waals surface area contributed by atoms with Crippen LogP contribution in [-0.2, 0) is 9.53 Å². The summed E-state index contributed by atoms with van der Waals surface area (Å²) < 4.78 is 23.6. The Kier molecular flexibility index (Phi) is 7.54. The molecular weight excluding hydrogens is 558 g/mol. The van der Waals surface area contributed by atoms with Gasteiger partial charge in [-0.1, -0.05) is 18.2 Å². The lowest BCUT2D eigenvalue weighted by molar-refractivity contribution is -0.384. The molecule has 13 heteroatoms. The van der Waals surface area contributed by atoms with Gasteiger partial charge in [-0.05, 0) is 36.4 Å². The molecular formula is C30H25N5O8. The molecule has 1 aliphatic rings. The van der Waals surface area contributed by atoms with Crippen LogP contribution < -0.4 is 15.0 Å². The van der Waals surface area contributed by atoms with Crippen LogP contribution in [0.3, 0.4) is 0 Å². The average molecular weight is 584 g/mol. The second kappa shape index (κ2) is 11.7. The van der Waals surface area contributed by atoms with Crippen molar-refractivity contribution >= 4 is 39.7 Å². The molecule has 1 saturated heterocycles. The van der Waals surface area contributed by atoms with Crippen molar-refractivity contribution in [2.75, 3.05) is 40.0 Å². The molecule has 0 radical (unpaired) electrons. The van der Waals surface area contributed by atoms with E-state index in [1.165, 1.54) is 24.4 Å². The van der Waals surface area contributed by atoms with Crippen LogP contribution in [-0.4, -0.2) is 71.6 Å².